The maximum atomic E-state index is 12.9. The Balaban J connectivity index is 1.46. The second-order valence-corrected chi connectivity index (χ2v) is 9.18. The zero-order valence-corrected chi connectivity index (χ0v) is 20.2. The van der Waals surface area contributed by atoms with Crippen molar-refractivity contribution in [2.45, 2.75) is 13.5 Å². The molecule has 0 atom stereocenters. The number of benzene rings is 3. The highest BCUT2D eigenvalue weighted by atomic mass is 32.2. The molecule has 0 aromatic heterocycles. The highest BCUT2D eigenvalue weighted by Crippen LogP contribution is 2.34. The van der Waals surface area contributed by atoms with Crippen LogP contribution in [-0.4, -0.2) is 28.3 Å². The van der Waals surface area contributed by atoms with E-state index in [-0.39, 0.29) is 4.32 Å². The second-order valence-electron chi connectivity index (χ2n) is 7.51. The molecule has 172 valence electrons. The number of rotatable bonds is 7. The molecule has 1 heterocycles. The number of nitrogens with one attached hydrogen (secondary N) is 1. The average molecular weight is 491 g/mol. The Morgan fingerprint density at radius 1 is 1.06 bits per heavy atom. The summed E-state index contributed by atoms with van der Waals surface area (Å²) in [5, 5.41) is 1.09. The molecule has 6 nitrogen and oxygen atoms in total. The SMILES string of the molecule is COc1cc(/C=C2/SC(=S)N(NC(=O)c3ccccc3)C2=O)ccc1OCc1ccc(C)cc1. The van der Waals surface area contributed by atoms with Gasteiger partial charge in [-0.3, -0.25) is 15.0 Å². The molecule has 1 N–H and O–H groups in total. The van der Waals surface area contributed by atoms with E-state index in [0.29, 0.717) is 28.6 Å². The number of thiocarbonyl (C=S) groups is 1. The number of hydrogen-bond donors (Lipinski definition) is 1. The molecular formula is C26H22N2O4S2. The van der Waals surface area contributed by atoms with Gasteiger partial charge < -0.3 is 9.47 Å². The van der Waals surface area contributed by atoms with Crippen LogP contribution in [0.5, 0.6) is 11.5 Å². The first-order chi connectivity index (χ1) is 16.4. The Morgan fingerprint density at radius 3 is 2.50 bits per heavy atom. The van der Waals surface area contributed by atoms with Gasteiger partial charge in [0.2, 0.25) is 0 Å². The van der Waals surface area contributed by atoms with Crippen molar-refractivity contribution in [1.29, 1.82) is 0 Å². The summed E-state index contributed by atoms with van der Waals surface area (Å²) in [6.07, 6.45) is 1.71. The topological polar surface area (TPSA) is 67.9 Å². The second kappa shape index (κ2) is 10.5. The van der Waals surface area contributed by atoms with E-state index >= 15 is 0 Å². The molecular weight excluding hydrogens is 468 g/mol. The highest BCUT2D eigenvalue weighted by molar-refractivity contribution is 8.26. The number of methoxy groups -OCH3 is 1. The van der Waals surface area contributed by atoms with E-state index in [0.717, 1.165) is 27.9 Å². The zero-order valence-electron chi connectivity index (χ0n) is 18.6. The van der Waals surface area contributed by atoms with Crippen LogP contribution in [0.25, 0.3) is 6.08 Å². The van der Waals surface area contributed by atoms with Gasteiger partial charge >= 0.3 is 0 Å². The number of carbonyl (C=O) groups is 2. The van der Waals surface area contributed by atoms with E-state index in [1.54, 1.807) is 49.6 Å². The molecule has 0 bridgehead atoms. The first-order valence-corrected chi connectivity index (χ1v) is 11.7. The van der Waals surface area contributed by atoms with Gasteiger partial charge in [0.05, 0.1) is 12.0 Å². The Kier molecular flexibility index (Phi) is 7.30. The van der Waals surface area contributed by atoms with E-state index in [1.807, 2.05) is 43.3 Å². The Bertz CT molecular complexity index is 1260. The fourth-order valence-electron chi connectivity index (χ4n) is 3.21. The highest BCUT2D eigenvalue weighted by Gasteiger charge is 2.33. The number of hydrogen-bond acceptors (Lipinski definition) is 6. The molecule has 3 aromatic rings. The lowest BCUT2D eigenvalue weighted by atomic mass is 10.1. The summed E-state index contributed by atoms with van der Waals surface area (Å²) in [7, 11) is 1.57. The van der Waals surface area contributed by atoms with Crippen LogP contribution >= 0.6 is 24.0 Å². The van der Waals surface area contributed by atoms with Crippen LogP contribution in [0.4, 0.5) is 0 Å². The summed E-state index contributed by atoms with van der Waals surface area (Å²) >= 11 is 6.43. The minimum absolute atomic E-state index is 0.255. The fourth-order valence-corrected chi connectivity index (χ4v) is 4.39. The van der Waals surface area contributed by atoms with Crippen LogP contribution in [0.15, 0.2) is 77.7 Å². The van der Waals surface area contributed by atoms with Crippen molar-refractivity contribution in [2.24, 2.45) is 0 Å². The van der Waals surface area contributed by atoms with Crippen molar-refractivity contribution >= 4 is 46.2 Å². The van der Waals surface area contributed by atoms with Crippen molar-refractivity contribution in [3.05, 3.63) is 100.0 Å². The standard InChI is InChI=1S/C26H22N2O4S2/c1-17-8-10-18(11-9-17)16-32-21-13-12-19(14-22(21)31-2)15-23-25(30)28(26(33)34-23)27-24(29)20-6-4-3-5-7-20/h3-15H,16H2,1-2H3,(H,27,29)/b23-15+. The Morgan fingerprint density at radius 2 is 1.79 bits per heavy atom. The van der Waals surface area contributed by atoms with Crippen LogP contribution in [0.1, 0.15) is 27.0 Å². The molecule has 8 heteroatoms. The van der Waals surface area contributed by atoms with E-state index in [4.69, 9.17) is 21.7 Å². The van der Waals surface area contributed by atoms with Crippen LogP contribution in [0.3, 0.4) is 0 Å². The number of nitrogens with zero attached hydrogens (tertiary/aromatic N) is 1. The van der Waals surface area contributed by atoms with Gasteiger partial charge in [0.1, 0.15) is 6.61 Å². The van der Waals surface area contributed by atoms with Gasteiger partial charge in [-0.15, -0.1) is 0 Å². The molecule has 4 rings (SSSR count). The smallest absolute Gasteiger partial charge is 0.285 e. The van der Waals surface area contributed by atoms with E-state index in [1.165, 1.54) is 5.56 Å². The summed E-state index contributed by atoms with van der Waals surface area (Å²) < 4.78 is 11.7. The maximum Gasteiger partial charge on any atom is 0.285 e. The van der Waals surface area contributed by atoms with Gasteiger partial charge in [-0.05, 0) is 60.6 Å². The number of amides is 2. The summed E-state index contributed by atoms with van der Waals surface area (Å²) in [6.45, 7) is 2.45. The van der Waals surface area contributed by atoms with Gasteiger partial charge in [0.15, 0.2) is 15.8 Å². The largest absolute Gasteiger partial charge is 0.493 e. The molecule has 1 aliphatic rings. The van der Waals surface area contributed by atoms with Gasteiger partial charge in [0.25, 0.3) is 11.8 Å². The number of aryl methyl sites for hydroxylation is 1. The van der Waals surface area contributed by atoms with E-state index in [9.17, 15) is 9.59 Å². The number of hydrazine groups is 1. The average Bonchev–Trinajstić information content (AvgIpc) is 3.11. The van der Waals surface area contributed by atoms with Gasteiger partial charge in [-0.25, -0.2) is 0 Å². The molecule has 0 saturated carbocycles. The normalized spacial score (nSPS) is 14.4. The van der Waals surface area contributed by atoms with Crippen LogP contribution < -0.4 is 14.9 Å². The minimum atomic E-state index is -0.408. The summed E-state index contributed by atoms with van der Waals surface area (Å²) in [4.78, 5) is 25.7. The van der Waals surface area contributed by atoms with Gasteiger partial charge in [-0.1, -0.05) is 65.9 Å². The number of carbonyl (C=O) groups excluding carboxylic acids is 2. The first-order valence-electron chi connectivity index (χ1n) is 10.4. The minimum Gasteiger partial charge on any atom is -0.493 e. The van der Waals surface area contributed by atoms with Crippen molar-refractivity contribution in [2.75, 3.05) is 7.11 Å². The zero-order chi connectivity index (χ0) is 24.1. The Labute approximate surface area is 207 Å². The van der Waals surface area contributed by atoms with Crippen molar-refractivity contribution in [3.63, 3.8) is 0 Å². The fraction of sp³-hybridized carbons (Fsp3) is 0.115. The summed E-state index contributed by atoms with van der Waals surface area (Å²) in [6, 6.07) is 22.2. The monoisotopic (exact) mass is 490 g/mol. The first kappa shape index (κ1) is 23.5. The van der Waals surface area contributed by atoms with Gasteiger partial charge in [0, 0.05) is 5.56 Å². The molecule has 1 saturated heterocycles. The Hall–Kier alpha value is -3.62. The summed E-state index contributed by atoms with van der Waals surface area (Å²) in [5.74, 6) is 0.351. The molecule has 0 radical (unpaired) electrons. The quantitative estimate of drug-likeness (QED) is 0.366. The van der Waals surface area contributed by atoms with Gasteiger partial charge in [-0.2, -0.15) is 5.01 Å². The van der Waals surface area contributed by atoms with E-state index < -0.39 is 11.8 Å². The molecule has 0 aliphatic carbocycles. The van der Waals surface area contributed by atoms with Crippen LogP contribution in [0.2, 0.25) is 0 Å². The third-order valence-electron chi connectivity index (χ3n) is 5.04. The number of ether oxygens (including phenoxy) is 2. The lowest BCUT2D eigenvalue weighted by molar-refractivity contribution is -0.123. The molecule has 34 heavy (non-hydrogen) atoms. The third kappa shape index (κ3) is 5.47. The van der Waals surface area contributed by atoms with Crippen molar-refractivity contribution < 1.29 is 19.1 Å². The molecule has 0 spiro atoms. The van der Waals surface area contributed by atoms with E-state index in [2.05, 4.69) is 5.43 Å². The molecule has 2 amide bonds. The molecule has 0 unspecified atom stereocenters. The van der Waals surface area contributed by atoms with Crippen molar-refractivity contribution in [1.82, 2.24) is 10.4 Å². The van der Waals surface area contributed by atoms with Crippen LogP contribution in [0, 0.1) is 6.92 Å². The lowest BCUT2D eigenvalue weighted by Gasteiger charge is -2.15. The van der Waals surface area contributed by atoms with Crippen molar-refractivity contribution in [3.8, 4) is 11.5 Å². The predicted molar refractivity (Wildman–Crippen MR) is 137 cm³/mol. The molecule has 3 aromatic carbocycles. The predicted octanol–water partition coefficient (Wildman–Crippen LogP) is 5.13. The number of thioether (sulfide) groups is 1. The molecule has 1 fully saturated rings. The summed E-state index contributed by atoms with van der Waals surface area (Å²) in [5.41, 5.74) is 6.00. The molecule has 1 aliphatic heterocycles. The van der Waals surface area contributed by atoms with Crippen LogP contribution in [-0.2, 0) is 11.4 Å². The maximum absolute atomic E-state index is 12.9. The lowest BCUT2D eigenvalue weighted by Crippen LogP contribution is -2.44. The third-order valence-corrected chi connectivity index (χ3v) is 6.35.